The Kier molecular flexibility index (Phi) is 5.16. The summed E-state index contributed by atoms with van der Waals surface area (Å²) in [5.41, 5.74) is 0. The number of carbonyl (C=O) groups excluding carboxylic acids is 1. The Hall–Kier alpha value is -0.540. The first kappa shape index (κ1) is 13.5. The van der Waals surface area contributed by atoms with Crippen LogP contribution in [0.1, 0.15) is 40.0 Å². The Balaban J connectivity index is 4.67. The summed E-state index contributed by atoms with van der Waals surface area (Å²) >= 11 is 0. The van der Waals surface area contributed by atoms with Crippen molar-refractivity contribution in [2.75, 3.05) is 0 Å². The number of Topliss-reactive ketones (excluding diaryl/α,β-unsaturated/α-hetero) is 1. The van der Waals surface area contributed by atoms with Crippen molar-refractivity contribution in [1.82, 2.24) is 0 Å². The first-order valence-corrected chi connectivity index (χ1v) is 4.91. The van der Waals surface area contributed by atoms with Gasteiger partial charge in [0.25, 0.3) is 0 Å². The van der Waals surface area contributed by atoms with Gasteiger partial charge in [0.05, 0.1) is 5.92 Å². The highest BCUT2D eigenvalue weighted by Gasteiger charge is 2.44. The van der Waals surface area contributed by atoms with Crippen LogP contribution in [0.3, 0.4) is 0 Å². The molecule has 0 aliphatic rings. The zero-order valence-electron chi connectivity index (χ0n) is 8.82. The third-order valence-electron chi connectivity index (χ3n) is 2.47. The summed E-state index contributed by atoms with van der Waals surface area (Å²) in [7, 11) is 0. The van der Waals surface area contributed by atoms with E-state index in [4.69, 9.17) is 0 Å². The third-order valence-corrected chi connectivity index (χ3v) is 2.47. The van der Waals surface area contributed by atoms with Crippen molar-refractivity contribution in [1.29, 1.82) is 0 Å². The fourth-order valence-corrected chi connectivity index (χ4v) is 1.74. The quantitative estimate of drug-likeness (QED) is 0.677. The number of alkyl halides is 3. The van der Waals surface area contributed by atoms with Crippen LogP contribution in [-0.4, -0.2) is 12.0 Å². The molecule has 4 heteroatoms. The zero-order valence-corrected chi connectivity index (χ0v) is 8.82. The van der Waals surface area contributed by atoms with E-state index in [-0.39, 0.29) is 12.2 Å². The minimum absolute atomic E-state index is 0.0201. The highest BCUT2D eigenvalue weighted by Crippen LogP contribution is 2.36. The van der Waals surface area contributed by atoms with E-state index in [9.17, 15) is 18.0 Å². The summed E-state index contributed by atoms with van der Waals surface area (Å²) in [5.74, 6) is -2.68. The van der Waals surface area contributed by atoms with Gasteiger partial charge in [0.15, 0.2) is 0 Å². The molecule has 0 aromatic heterocycles. The van der Waals surface area contributed by atoms with Crippen LogP contribution in [0.4, 0.5) is 13.2 Å². The van der Waals surface area contributed by atoms with Gasteiger partial charge in [-0.3, -0.25) is 4.79 Å². The van der Waals surface area contributed by atoms with E-state index in [1.165, 1.54) is 13.8 Å². The third kappa shape index (κ3) is 3.68. The summed E-state index contributed by atoms with van der Waals surface area (Å²) in [4.78, 5) is 11.1. The Morgan fingerprint density at radius 3 is 2.00 bits per heavy atom. The predicted molar refractivity (Wildman–Crippen MR) is 48.9 cm³/mol. The van der Waals surface area contributed by atoms with Gasteiger partial charge >= 0.3 is 6.18 Å². The molecule has 0 rings (SSSR count). The number of ketones is 1. The molecule has 0 saturated heterocycles. The topological polar surface area (TPSA) is 17.1 Å². The fourth-order valence-electron chi connectivity index (χ4n) is 1.74. The van der Waals surface area contributed by atoms with Gasteiger partial charge in [-0.15, -0.1) is 0 Å². The lowest BCUT2D eigenvalue weighted by molar-refractivity contribution is -0.192. The van der Waals surface area contributed by atoms with Crippen molar-refractivity contribution in [3.8, 4) is 0 Å². The van der Waals surface area contributed by atoms with Crippen molar-refractivity contribution < 1.29 is 18.0 Å². The molecule has 0 N–H and O–H groups in total. The zero-order chi connectivity index (χ0) is 11.4. The average Bonchev–Trinajstić information content (AvgIpc) is 2.01. The maximum Gasteiger partial charge on any atom is 0.392 e. The molecule has 0 aromatic rings. The van der Waals surface area contributed by atoms with Crippen molar-refractivity contribution in [2.45, 2.75) is 46.2 Å². The highest BCUT2D eigenvalue weighted by molar-refractivity contribution is 5.78. The minimum atomic E-state index is -4.25. The molecule has 0 aliphatic heterocycles. The van der Waals surface area contributed by atoms with Crippen LogP contribution in [-0.2, 0) is 4.79 Å². The minimum Gasteiger partial charge on any atom is -0.300 e. The van der Waals surface area contributed by atoms with Gasteiger partial charge in [0.2, 0.25) is 0 Å². The smallest absolute Gasteiger partial charge is 0.300 e. The van der Waals surface area contributed by atoms with Gasteiger partial charge in [-0.25, -0.2) is 0 Å². The molecule has 2 atom stereocenters. The molecule has 0 saturated carbocycles. The second-order valence-corrected chi connectivity index (χ2v) is 3.56. The molecular formula is C10H17F3O. The second kappa shape index (κ2) is 5.37. The molecular weight excluding hydrogens is 193 g/mol. The Labute approximate surface area is 82.7 Å². The van der Waals surface area contributed by atoms with Gasteiger partial charge in [-0.2, -0.15) is 13.2 Å². The van der Waals surface area contributed by atoms with E-state index in [0.29, 0.717) is 12.8 Å². The van der Waals surface area contributed by atoms with Gasteiger partial charge in [0, 0.05) is 5.92 Å². The van der Waals surface area contributed by atoms with Crippen LogP contribution in [0.2, 0.25) is 0 Å². The van der Waals surface area contributed by atoms with E-state index in [1.807, 2.05) is 0 Å². The van der Waals surface area contributed by atoms with Gasteiger partial charge in [-0.1, -0.05) is 20.3 Å². The van der Waals surface area contributed by atoms with Gasteiger partial charge in [0.1, 0.15) is 5.78 Å². The lowest BCUT2D eigenvalue weighted by atomic mass is 9.83. The predicted octanol–water partition coefficient (Wildman–Crippen LogP) is 3.58. The maximum absolute atomic E-state index is 12.5. The molecule has 0 heterocycles. The molecule has 84 valence electrons. The molecule has 0 unspecified atom stereocenters. The molecule has 0 amide bonds. The van der Waals surface area contributed by atoms with Crippen LogP contribution in [0.25, 0.3) is 0 Å². The molecule has 0 aliphatic carbocycles. The molecule has 0 spiro atoms. The summed E-state index contributed by atoms with van der Waals surface area (Å²) in [6, 6.07) is 0. The van der Waals surface area contributed by atoms with E-state index < -0.39 is 18.0 Å². The second-order valence-electron chi connectivity index (χ2n) is 3.56. The standard InChI is InChI=1S/C10H17F3O/c1-4-6-8(7(3)14)9(5-2)10(11,12)13/h8-9H,4-6H2,1-3H3/t8-,9-/m0/s1. The van der Waals surface area contributed by atoms with E-state index in [1.54, 1.807) is 6.92 Å². The first-order valence-electron chi connectivity index (χ1n) is 4.91. The van der Waals surface area contributed by atoms with Crippen LogP contribution >= 0.6 is 0 Å². The van der Waals surface area contributed by atoms with E-state index in [2.05, 4.69) is 0 Å². The maximum atomic E-state index is 12.5. The largest absolute Gasteiger partial charge is 0.392 e. The molecule has 0 aromatic carbocycles. The van der Waals surface area contributed by atoms with Crippen LogP contribution in [0.5, 0.6) is 0 Å². The van der Waals surface area contributed by atoms with E-state index >= 15 is 0 Å². The van der Waals surface area contributed by atoms with Crippen molar-refractivity contribution in [3.63, 3.8) is 0 Å². The van der Waals surface area contributed by atoms with Gasteiger partial charge in [-0.05, 0) is 19.8 Å². The molecule has 1 nitrogen and oxygen atoms in total. The summed E-state index contributed by atoms with van der Waals surface area (Å²) in [5, 5.41) is 0. The van der Waals surface area contributed by atoms with Gasteiger partial charge < -0.3 is 0 Å². The van der Waals surface area contributed by atoms with Crippen molar-refractivity contribution >= 4 is 5.78 Å². The Morgan fingerprint density at radius 1 is 1.29 bits per heavy atom. The lowest BCUT2D eigenvalue weighted by Crippen LogP contribution is -2.33. The van der Waals surface area contributed by atoms with Crippen molar-refractivity contribution in [2.24, 2.45) is 11.8 Å². The number of rotatable bonds is 5. The number of carbonyl (C=O) groups is 1. The Morgan fingerprint density at radius 2 is 1.79 bits per heavy atom. The molecule has 0 radical (unpaired) electrons. The van der Waals surface area contributed by atoms with E-state index in [0.717, 1.165) is 0 Å². The number of hydrogen-bond donors (Lipinski definition) is 0. The van der Waals surface area contributed by atoms with Crippen LogP contribution < -0.4 is 0 Å². The normalized spacial score (nSPS) is 16.4. The monoisotopic (exact) mass is 210 g/mol. The summed E-state index contributed by atoms with van der Waals surface area (Å²) in [6.07, 6.45) is -3.34. The molecule has 0 fully saturated rings. The highest BCUT2D eigenvalue weighted by atomic mass is 19.4. The first-order chi connectivity index (χ1) is 6.34. The number of halogens is 3. The molecule has 14 heavy (non-hydrogen) atoms. The Bertz CT molecular complexity index is 186. The lowest BCUT2D eigenvalue weighted by Gasteiger charge is -2.25. The fraction of sp³-hybridized carbons (Fsp3) is 0.900. The summed E-state index contributed by atoms with van der Waals surface area (Å²) < 4.78 is 37.5. The van der Waals surface area contributed by atoms with Crippen LogP contribution in [0.15, 0.2) is 0 Å². The summed E-state index contributed by atoms with van der Waals surface area (Å²) in [6.45, 7) is 4.51. The SMILES string of the molecule is CCC[C@@H](C(C)=O)[C@H](CC)C(F)(F)F. The average molecular weight is 210 g/mol. The molecule has 0 bridgehead atoms. The van der Waals surface area contributed by atoms with Crippen molar-refractivity contribution in [3.05, 3.63) is 0 Å². The number of hydrogen-bond acceptors (Lipinski definition) is 1. The van der Waals surface area contributed by atoms with Crippen LogP contribution in [0, 0.1) is 11.8 Å².